The first-order valence-corrected chi connectivity index (χ1v) is 7.50. The highest BCUT2D eigenvalue weighted by molar-refractivity contribution is 6.32. The average Bonchev–Trinajstić information content (AvgIpc) is 2.53. The molecular formula is C18H19ClO2. The molecule has 21 heavy (non-hydrogen) atoms. The van der Waals surface area contributed by atoms with Gasteiger partial charge >= 0.3 is 0 Å². The summed E-state index contributed by atoms with van der Waals surface area (Å²) in [6, 6.07) is 15.6. The summed E-state index contributed by atoms with van der Waals surface area (Å²) in [5, 5.41) is 0.522. The van der Waals surface area contributed by atoms with Crippen molar-refractivity contribution in [2.24, 2.45) is 5.92 Å². The molecule has 1 atom stereocenters. The van der Waals surface area contributed by atoms with Gasteiger partial charge in [0.25, 0.3) is 0 Å². The Hall–Kier alpha value is -1.80. The van der Waals surface area contributed by atoms with Crippen LogP contribution in [0, 0.1) is 5.92 Å². The van der Waals surface area contributed by atoms with E-state index in [2.05, 4.69) is 0 Å². The third-order valence-corrected chi connectivity index (χ3v) is 3.87. The predicted octanol–water partition coefficient (Wildman–Crippen LogP) is 5.00. The molecule has 2 nitrogen and oxygen atoms in total. The van der Waals surface area contributed by atoms with Gasteiger partial charge in [0.2, 0.25) is 0 Å². The smallest absolute Gasteiger partial charge is 0.172 e. The van der Waals surface area contributed by atoms with Gasteiger partial charge in [-0.15, -0.1) is 0 Å². The summed E-state index contributed by atoms with van der Waals surface area (Å²) in [7, 11) is 0. The SMILES string of the molecule is CCC(C)C(=O)COc1ccc(-c2ccccc2)cc1Cl. The Morgan fingerprint density at radius 1 is 1.14 bits per heavy atom. The number of halogens is 1. The lowest BCUT2D eigenvalue weighted by atomic mass is 10.0. The Morgan fingerprint density at radius 2 is 1.86 bits per heavy atom. The summed E-state index contributed by atoms with van der Waals surface area (Å²) in [6.45, 7) is 3.97. The molecule has 0 saturated carbocycles. The quantitative estimate of drug-likeness (QED) is 0.750. The third kappa shape index (κ3) is 4.08. The minimum absolute atomic E-state index is 0.0207. The molecule has 2 rings (SSSR count). The molecule has 1 unspecified atom stereocenters. The van der Waals surface area contributed by atoms with Crippen molar-refractivity contribution >= 4 is 17.4 Å². The van der Waals surface area contributed by atoms with Crippen molar-refractivity contribution in [1.82, 2.24) is 0 Å². The van der Waals surface area contributed by atoms with Crippen LogP contribution in [0.4, 0.5) is 0 Å². The summed E-state index contributed by atoms with van der Waals surface area (Å²) >= 11 is 6.24. The molecule has 0 N–H and O–H groups in total. The Morgan fingerprint density at radius 3 is 2.48 bits per heavy atom. The molecule has 0 bridgehead atoms. The molecule has 0 radical (unpaired) electrons. The molecule has 0 aliphatic heterocycles. The van der Waals surface area contributed by atoms with E-state index in [1.165, 1.54) is 0 Å². The molecule has 0 aliphatic rings. The molecule has 2 aromatic carbocycles. The molecule has 0 amide bonds. The second-order valence-corrected chi connectivity index (χ2v) is 5.48. The number of carbonyl (C=O) groups excluding carboxylic acids is 1. The molecule has 0 aromatic heterocycles. The number of Topliss-reactive ketones (excluding diaryl/α,β-unsaturated/α-hetero) is 1. The average molecular weight is 303 g/mol. The van der Waals surface area contributed by atoms with Gasteiger partial charge in [0.1, 0.15) is 12.4 Å². The fourth-order valence-corrected chi connectivity index (χ4v) is 2.18. The zero-order valence-electron chi connectivity index (χ0n) is 12.3. The number of rotatable bonds is 6. The Labute approximate surface area is 130 Å². The summed E-state index contributed by atoms with van der Waals surface area (Å²) in [4.78, 5) is 11.8. The number of ether oxygens (including phenoxy) is 1. The summed E-state index contributed by atoms with van der Waals surface area (Å²) in [5.74, 6) is 0.668. The molecular weight excluding hydrogens is 284 g/mol. The minimum Gasteiger partial charge on any atom is -0.484 e. The summed E-state index contributed by atoms with van der Waals surface area (Å²) in [5.41, 5.74) is 2.13. The first-order valence-electron chi connectivity index (χ1n) is 7.12. The van der Waals surface area contributed by atoms with Crippen molar-refractivity contribution in [3.05, 3.63) is 53.6 Å². The molecule has 0 fully saturated rings. The van der Waals surface area contributed by atoms with Crippen LogP contribution in [-0.4, -0.2) is 12.4 Å². The van der Waals surface area contributed by atoms with Crippen LogP contribution < -0.4 is 4.74 Å². The lowest BCUT2D eigenvalue weighted by Gasteiger charge is -2.11. The second kappa shape index (κ2) is 7.28. The molecule has 2 aromatic rings. The zero-order valence-corrected chi connectivity index (χ0v) is 13.1. The normalized spacial score (nSPS) is 12.0. The van der Waals surface area contributed by atoms with Gasteiger partial charge in [0.15, 0.2) is 5.78 Å². The van der Waals surface area contributed by atoms with Crippen molar-refractivity contribution in [3.8, 4) is 16.9 Å². The van der Waals surface area contributed by atoms with Crippen LogP contribution in [0.15, 0.2) is 48.5 Å². The predicted molar refractivity (Wildman–Crippen MR) is 86.8 cm³/mol. The fraction of sp³-hybridized carbons (Fsp3) is 0.278. The standard InChI is InChI=1S/C18H19ClO2/c1-3-13(2)17(20)12-21-18-10-9-15(11-16(18)19)14-7-5-4-6-8-14/h4-11,13H,3,12H2,1-2H3. The van der Waals surface area contributed by atoms with E-state index in [1.807, 2.05) is 62.4 Å². The van der Waals surface area contributed by atoms with E-state index >= 15 is 0 Å². The lowest BCUT2D eigenvalue weighted by molar-refractivity contribution is -0.124. The summed E-state index contributed by atoms with van der Waals surface area (Å²) < 4.78 is 5.53. The highest BCUT2D eigenvalue weighted by Crippen LogP contribution is 2.30. The monoisotopic (exact) mass is 302 g/mol. The second-order valence-electron chi connectivity index (χ2n) is 5.08. The first-order chi connectivity index (χ1) is 10.1. The number of hydrogen-bond acceptors (Lipinski definition) is 2. The maximum absolute atomic E-state index is 11.8. The van der Waals surface area contributed by atoms with Gasteiger partial charge in [-0.2, -0.15) is 0 Å². The van der Waals surface area contributed by atoms with E-state index in [9.17, 15) is 4.79 Å². The minimum atomic E-state index is 0.0207. The lowest BCUT2D eigenvalue weighted by Crippen LogP contribution is -2.18. The van der Waals surface area contributed by atoms with Crippen molar-refractivity contribution in [3.63, 3.8) is 0 Å². The topological polar surface area (TPSA) is 26.3 Å². The van der Waals surface area contributed by atoms with Crippen molar-refractivity contribution in [1.29, 1.82) is 0 Å². The Bertz CT molecular complexity index is 608. The number of hydrogen-bond donors (Lipinski definition) is 0. The van der Waals surface area contributed by atoms with Gasteiger partial charge in [-0.05, 0) is 29.7 Å². The van der Waals surface area contributed by atoms with E-state index in [4.69, 9.17) is 16.3 Å². The van der Waals surface area contributed by atoms with Crippen LogP contribution in [-0.2, 0) is 4.79 Å². The van der Waals surface area contributed by atoms with Gasteiger partial charge in [-0.25, -0.2) is 0 Å². The number of ketones is 1. The van der Waals surface area contributed by atoms with Gasteiger partial charge in [-0.3, -0.25) is 4.79 Å². The molecule has 0 aliphatic carbocycles. The van der Waals surface area contributed by atoms with Crippen molar-refractivity contribution < 1.29 is 9.53 Å². The molecule has 0 heterocycles. The molecule has 110 valence electrons. The maximum atomic E-state index is 11.8. The fourth-order valence-electron chi connectivity index (χ4n) is 1.95. The number of benzene rings is 2. The van der Waals surface area contributed by atoms with Crippen LogP contribution >= 0.6 is 11.6 Å². The zero-order chi connectivity index (χ0) is 15.2. The Kier molecular flexibility index (Phi) is 5.40. The van der Waals surface area contributed by atoms with Crippen molar-refractivity contribution in [2.45, 2.75) is 20.3 Å². The van der Waals surface area contributed by atoms with Crippen LogP contribution in [0.25, 0.3) is 11.1 Å². The van der Waals surface area contributed by atoms with Crippen LogP contribution in [0.5, 0.6) is 5.75 Å². The number of carbonyl (C=O) groups is 1. The van der Waals surface area contributed by atoms with Gasteiger partial charge in [-0.1, -0.05) is 61.8 Å². The molecule has 3 heteroatoms. The van der Waals surface area contributed by atoms with E-state index < -0.39 is 0 Å². The highest BCUT2D eigenvalue weighted by Gasteiger charge is 2.12. The van der Waals surface area contributed by atoms with E-state index in [1.54, 1.807) is 0 Å². The van der Waals surface area contributed by atoms with Crippen LogP contribution in [0.2, 0.25) is 5.02 Å². The molecule has 0 saturated heterocycles. The van der Waals surface area contributed by atoms with E-state index in [0.29, 0.717) is 10.8 Å². The van der Waals surface area contributed by atoms with E-state index in [-0.39, 0.29) is 18.3 Å². The van der Waals surface area contributed by atoms with Gasteiger partial charge in [0.05, 0.1) is 5.02 Å². The van der Waals surface area contributed by atoms with Crippen LogP contribution in [0.1, 0.15) is 20.3 Å². The van der Waals surface area contributed by atoms with Crippen molar-refractivity contribution in [2.75, 3.05) is 6.61 Å². The molecule has 0 spiro atoms. The Balaban J connectivity index is 2.08. The van der Waals surface area contributed by atoms with Gasteiger partial charge in [0, 0.05) is 5.92 Å². The third-order valence-electron chi connectivity index (χ3n) is 3.57. The van der Waals surface area contributed by atoms with Gasteiger partial charge < -0.3 is 4.74 Å². The van der Waals surface area contributed by atoms with E-state index in [0.717, 1.165) is 17.5 Å². The highest BCUT2D eigenvalue weighted by atomic mass is 35.5. The maximum Gasteiger partial charge on any atom is 0.172 e. The first kappa shape index (κ1) is 15.6. The van der Waals surface area contributed by atoms with Crippen LogP contribution in [0.3, 0.4) is 0 Å². The largest absolute Gasteiger partial charge is 0.484 e. The summed E-state index contributed by atoms with van der Waals surface area (Å²) in [6.07, 6.45) is 0.822.